The number of hydrogen-bond acceptors (Lipinski definition) is 5. The van der Waals surface area contributed by atoms with Gasteiger partial charge in [-0.25, -0.2) is 0 Å². The van der Waals surface area contributed by atoms with Crippen LogP contribution in [-0.2, 0) is 20.8 Å². The molecule has 0 amide bonds. The maximum absolute atomic E-state index is 10.9. The summed E-state index contributed by atoms with van der Waals surface area (Å²) in [5, 5.41) is 21.7. The van der Waals surface area contributed by atoms with Gasteiger partial charge < -0.3 is 24.4 Å². The summed E-state index contributed by atoms with van der Waals surface area (Å²) in [6, 6.07) is 10.5. The number of aliphatic hydroxyl groups is 2. The van der Waals surface area contributed by atoms with Crippen LogP contribution in [0.3, 0.4) is 0 Å². The Morgan fingerprint density at radius 3 is 2.50 bits per heavy atom. The molecule has 194 valence electrons. The molecular formula is C29H48O5. The van der Waals surface area contributed by atoms with Gasteiger partial charge in [-0.1, -0.05) is 50.6 Å². The molecule has 2 aliphatic rings. The molecule has 2 aliphatic carbocycles. The van der Waals surface area contributed by atoms with Gasteiger partial charge in [0.2, 0.25) is 0 Å². The Bertz CT molecular complexity index is 748. The molecule has 7 atom stereocenters. The van der Waals surface area contributed by atoms with Crippen molar-refractivity contribution >= 4 is 0 Å². The second-order valence-electron chi connectivity index (χ2n) is 12.0. The number of methoxy groups -OCH3 is 1. The van der Waals surface area contributed by atoms with E-state index in [1.807, 2.05) is 19.9 Å². The lowest BCUT2D eigenvalue weighted by molar-refractivity contribution is -0.224. The third-order valence-corrected chi connectivity index (χ3v) is 8.67. The first-order chi connectivity index (χ1) is 16.0. The SMILES string of the molecule is COC(C)(C)OC[C@](C)(O)C[C@H](O)C[C@@H](C)[C@H]1CC[C@H]2[C@@H](OCc3ccccc3)CCC[C@]12C. The lowest BCUT2D eigenvalue weighted by atomic mass is 9.61. The van der Waals surface area contributed by atoms with E-state index in [0.29, 0.717) is 43.3 Å². The molecule has 2 saturated carbocycles. The molecule has 34 heavy (non-hydrogen) atoms. The summed E-state index contributed by atoms with van der Waals surface area (Å²) in [7, 11) is 1.59. The summed E-state index contributed by atoms with van der Waals surface area (Å²) < 4.78 is 17.5. The van der Waals surface area contributed by atoms with Crippen molar-refractivity contribution in [2.75, 3.05) is 13.7 Å². The van der Waals surface area contributed by atoms with E-state index in [9.17, 15) is 10.2 Å². The molecule has 0 aromatic heterocycles. The van der Waals surface area contributed by atoms with Crippen LogP contribution in [0.5, 0.6) is 0 Å². The predicted molar refractivity (Wildman–Crippen MR) is 135 cm³/mol. The Morgan fingerprint density at radius 2 is 1.82 bits per heavy atom. The van der Waals surface area contributed by atoms with Crippen LogP contribution in [0.2, 0.25) is 0 Å². The number of ether oxygens (including phenoxy) is 3. The van der Waals surface area contributed by atoms with Crippen molar-refractivity contribution in [3.05, 3.63) is 35.9 Å². The van der Waals surface area contributed by atoms with Gasteiger partial charge in [0, 0.05) is 13.5 Å². The van der Waals surface area contributed by atoms with Crippen molar-refractivity contribution in [3.63, 3.8) is 0 Å². The number of aliphatic hydroxyl groups excluding tert-OH is 1. The molecule has 0 saturated heterocycles. The van der Waals surface area contributed by atoms with Crippen molar-refractivity contribution in [1.29, 1.82) is 0 Å². The molecule has 2 fully saturated rings. The standard InChI is InChI=1S/C29H48O5/c1-21(17-23(30)18-28(4,31)20-34-27(2,3)32-6)24-14-15-25-26(13-10-16-29(24,25)5)33-19-22-11-8-7-9-12-22/h7-9,11-12,21,23-26,30-31H,10,13-20H2,1-6H3/t21-,23-,24-,25+,26+,28-,29-/m1/s1. The molecule has 0 aliphatic heterocycles. The second kappa shape index (κ2) is 11.4. The van der Waals surface area contributed by atoms with Gasteiger partial charge in [-0.05, 0) is 81.6 Å². The number of benzene rings is 1. The van der Waals surface area contributed by atoms with Crippen molar-refractivity contribution in [2.24, 2.45) is 23.2 Å². The Balaban J connectivity index is 1.54. The zero-order valence-corrected chi connectivity index (χ0v) is 22.3. The third kappa shape index (κ3) is 7.04. The van der Waals surface area contributed by atoms with Gasteiger partial charge in [0.25, 0.3) is 0 Å². The number of rotatable bonds is 12. The quantitative estimate of drug-likeness (QED) is 0.378. The molecule has 1 aromatic carbocycles. The van der Waals surface area contributed by atoms with Crippen LogP contribution in [-0.4, -0.2) is 47.5 Å². The predicted octanol–water partition coefficient (Wildman–Crippen LogP) is 5.72. The first kappa shape index (κ1) is 27.6. The summed E-state index contributed by atoms with van der Waals surface area (Å²) in [5.74, 6) is 0.798. The molecule has 1 aromatic rings. The van der Waals surface area contributed by atoms with E-state index >= 15 is 0 Å². The van der Waals surface area contributed by atoms with Crippen LogP contribution in [0.15, 0.2) is 30.3 Å². The first-order valence-corrected chi connectivity index (χ1v) is 13.2. The van der Waals surface area contributed by atoms with Crippen molar-refractivity contribution in [1.82, 2.24) is 0 Å². The molecular weight excluding hydrogens is 428 g/mol. The fourth-order valence-electron chi connectivity index (χ4n) is 6.70. The summed E-state index contributed by atoms with van der Waals surface area (Å²) in [6.07, 6.45) is 6.77. The van der Waals surface area contributed by atoms with Gasteiger partial charge >= 0.3 is 0 Å². The zero-order chi connectivity index (χ0) is 25.0. The van der Waals surface area contributed by atoms with Gasteiger partial charge in [0.15, 0.2) is 5.79 Å². The highest BCUT2D eigenvalue weighted by Gasteiger charge is 2.53. The normalized spacial score (nSPS) is 31.0. The van der Waals surface area contributed by atoms with E-state index < -0.39 is 17.5 Å². The van der Waals surface area contributed by atoms with Crippen molar-refractivity contribution in [2.45, 2.75) is 110 Å². The van der Waals surface area contributed by atoms with Gasteiger partial charge in [0.1, 0.15) is 0 Å². The highest BCUT2D eigenvalue weighted by Crippen LogP contribution is 2.59. The Kier molecular flexibility index (Phi) is 9.24. The molecule has 0 bridgehead atoms. The third-order valence-electron chi connectivity index (χ3n) is 8.67. The molecule has 0 spiro atoms. The van der Waals surface area contributed by atoms with E-state index in [2.05, 4.69) is 38.1 Å². The average molecular weight is 477 g/mol. The fraction of sp³-hybridized carbons (Fsp3) is 0.793. The molecule has 0 heterocycles. The highest BCUT2D eigenvalue weighted by molar-refractivity contribution is 5.13. The molecule has 0 radical (unpaired) electrons. The van der Waals surface area contributed by atoms with Crippen LogP contribution in [0, 0.1) is 23.2 Å². The van der Waals surface area contributed by atoms with Gasteiger partial charge in [-0.3, -0.25) is 0 Å². The smallest absolute Gasteiger partial charge is 0.162 e. The lowest BCUT2D eigenvalue weighted by Crippen LogP contribution is -2.43. The van der Waals surface area contributed by atoms with Gasteiger partial charge in [0.05, 0.1) is 31.0 Å². The minimum absolute atomic E-state index is 0.128. The summed E-state index contributed by atoms with van der Waals surface area (Å²) in [4.78, 5) is 0. The summed E-state index contributed by atoms with van der Waals surface area (Å²) in [5.41, 5.74) is 0.399. The lowest BCUT2D eigenvalue weighted by Gasteiger charge is -2.46. The molecule has 5 heteroatoms. The topological polar surface area (TPSA) is 68.2 Å². The Morgan fingerprint density at radius 1 is 1.12 bits per heavy atom. The Labute approximate surface area is 207 Å². The maximum Gasteiger partial charge on any atom is 0.162 e. The Hall–Kier alpha value is -0.980. The first-order valence-electron chi connectivity index (χ1n) is 13.2. The second-order valence-corrected chi connectivity index (χ2v) is 12.0. The van der Waals surface area contributed by atoms with Crippen molar-refractivity contribution in [3.8, 4) is 0 Å². The molecule has 3 rings (SSSR count). The van der Waals surface area contributed by atoms with E-state index in [0.717, 1.165) is 6.42 Å². The largest absolute Gasteiger partial charge is 0.393 e. The average Bonchev–Trinajstić information content (AvgIpc) is 3.14. The van der Waals surface area contributed by atoms with Crippen molar-refractivity contribution < 1.29 is 24.4 Å². The molecule has 5 nitrogen and oxygen atoms in total. The minimum Gasteiger partial charge on any atom is -0.393 e. The van der Waals surface area contributed by atoms with Gasteiger partial charge in [-0.15, -0.1) is 0 Å². The van der Waals surface area contributed by atoms with Crippen LogP contribution < -0.4 is 0 Å². The molecule has 2 N–H and O–H groups in total. The highest BCUT2D eigenvalue weighted by atomic mass is 16.7. The number of fused-ring (bicyclic) bond motifs is 1. The summed E-state index contributed by atoms with van der Waals surface area (Å²) >= 11 is 0. The monoisotopic (exact) mass is 476 g/mol. The van der Waals surface area contributed by atoms with E-state index in [1.54, 1.807) is 14.0 Å². The summed E-state index contributed by atoms with van der Waals surface area (Å²) in [6.45, 7) is 10.9. The van der Waals surface area contributed by atoms with Crippen LogP contribution in [0.4, 0.5) is 0 Å². The van der Waals surface area contributed by atoms with Crippen LogP contribution in [0.1, 0.15) is 85.1 Å². The molecule has 0 unspecified atom stereocenters. The zero-order valence-electron chi connectivity index (χ0n) is 22.3. The van der Waals surface area contributed by atoms with Gasteiger partial charge in [-0.2, -0.15) is 0 Å². The van der Waals surface area contributed by atoms with E-state index in [4.69, 9.17) is 14.2 Å². The fourth-order valence-corrected chi connectivity index (χ4v) is 6.70. The minimum atomic E-state index is -1.10. The van der Waals surface area contributed by atoms with E-state index in [-0.39, 0.29) is 12.0 Å². The van der Waals surface area contributed by atoms with Crippen LogP contribution >= 0.6 is 0 Å². The van der Waals surface area contributed by atoms with E-state index in [1.165, 1.54) is 31.2 Å². The van der Waals surface area contributed by atoms with Crippen LogP contribution in [0.25, 0.3) is 0 Å². The maximum atomic E-state index is 10.9. The number of hydrogen-bond donors (Lipinski definition) is 2.